The molecule has 38 heavy (non-hydrogen) atoms. The number of ketones is 1. The van der Waals surface area contributed by atoms with Gasteiger partial charge < -0.3 is 26.0 Å². The normalized spacial score (nSPS) is 13.6. The molecular formula is C28H44N4O6. The van der Waals surface area contributed by atoms with E-state index >= 15 is 0 Å². The van der Waals surface area contributed by atoms with Gasteiger partial charge in [-0.1, -0.05) is 57.5 Å². The Hall–Kier alpha value is -3.43. The van der Waals surface area contributed by atoms with E-state index in [0.29, 0.717) is 6.42 Å². The summed E-state index contributed by atoms with van der Waals surface area (Å²) in [5.41, 5.74) is 0.0483. The monoisotopic (exact) mass is 532 g/mol. The van der Waals surface area contributed by atoms with Gasteiger partial charge in [-0.3, -0.25) is 19.2 Å². The first-order valence-corrected chi connectivity index (χ1v) is 13.2. The lowest BCUT2D eigenvalue weighted by atomic mass is 10.00. The Morgan fingerprint density at radius 3 is 1.95 bits per heavy atom. The van der Waals surface area contributed by atoms with Gasteiger partial charge in [-0.05, 0) is 52.0 Å². The molecule has 0 aliphatic rings. The van der Waals surface area contributed by atoms with E-state index in [-0.39, 0.29) is 31.7 Å². The number of likely N-dealkylation sites (N-methyl/N-ethyl adjacent to an activating group) is 1. The van der Waals surface area contributed by atoms with Crippen molar-refractivity contribution in [2.75, 3.05) is 6.54 Å². The van der Waals surface area contributed by atoms with E-state index in [9.17, 15) is 24.0 Å². The van der Waals surface area contributed by atoms with Gasteiger partial charge in [0.2, 0.25) is 17.6 Å². The minimum absolute atomic E-state index is 0.0288. The standard InChI is InChI=1S/C28H44N4O6/c1-8-13-20(23(33)26(36)29-9-2)30-24(34)21(16-18(3)4)31-25(35)22(17-19-14-11-10-12-15-19)32-27(37)38-28(5,6)7/h10-12,14-15,18,20-22H,8-9,13,16-17H2,1-7H3,(H,29,36)(H,30,34)(H,31,35)(H,32,37)/t20-,21-,22-/m0/s1. The van der Waals surface area contributed by atoms with Gasteiger partial charge in [0.05, 0.1) is 6.04 Å². The van der Waals surface area contributed by atoms with Crippen molar-refractivity contribution in [3.8, 4) is 0 Å². The van der Waals surface area contributed by atoms with Gasteiger partial charge >= 0.3 is 6.09 Å². The SMILES string of the molecule is CCC[C@H](NC(=O)[C@H](CC(C)C)NC(=O)[C@H](Cc1ccccc1)NC(=O)OC(C)(C)C)C(=O)C(=O)NCC. The minimum Gasteiger partial charge on any atom is -0.444 e. The van der Waals surface area contributed by atoms with Gasteiger partial charge in [-0.25, -0.2) is 4.79 Å². The zero-order valence-electron chi connectivity index (χ0n) is 23.7. The molecule has 0 aromatic heterocycles. The molecule has 0 bridgehead atoms. The number of carbonyl (C=O) groups excluding carboxylic acids is 5. The first kappa shape index (κ1) is 32.6. The van der Waals surface area contributed by atoms with Crippen LogP contribution in [0.2, 0.25) is 0 Å². The maximum absolute atomic E-state index is 13.4. The van der Waals surface area contributed by atoms with Crippen LogP contribution in [-0.4, -0.2) is 59.9 Å². The first-order chi connectivity index (χ1) is 17.8. The number of amides is 4. The molecule has 1 aromatic rings. The lowest BCUT2D eigenvalue weighted by Gasteiger charge is -2.27. The Morgan fingerprint density at radius 1 is 0.842 bits per heavy atom. The number of hydrogen-bond donors (Lipinski definition) is 4. The number of hydrogen-bond acceptors (Lipinski definition) is 6. The molecule has 3 atom stereocenters. The van der Waals surface area contributed by atoms with Crippen molar-refractivity contribution in [2.45, 2.75) is 97.9 Å². The predicted octanol–water partition coefficient (Wildman–Crippen LogP) is 2.64. The summed E-state index contributed by atoms with van der Waals surface area (Å²) in [5, 5.41) is 10.5. The molecule has 4 N–H and O–H groups in total. The van der Waals surface area contributed by atoms with E-state index in [4.69, 9.17) is 4.74 Å². The molecule has 0 saturated carbocycles. The van der Waals surface area contributed by atoms with Crippen molar-refractivity contribution in [1.82, 2.24) is 21.3 Å². The molecule has 0 aliphatic heterocycles. The fraction of sp³-hybridized carbons (Fsp3) is 0.607. The second kappa shape index (κ2) is 15.7. The van der Waals surface area contributed by atoms with E-state index < -0.39 is 53.3 Å². The number of alkyl carbamates (subject to hydrolysis) is 1. The zero-order valence-corrected chi connectivity index (χ0v) is 23.7. The Morgan fingerprint density at radius 2 is 1.42 bits per heavy atom. The second-order valence-corrected chi connectivity index (χ2v) is 10.7. The number of Topliss-reactive ketones (excluding diaryl/α,β-unsaturated/α-hetero) is 1. The van der Waals surface area contributed by atoms with Crippen LogP contribution in [0.4, 0.5) is 4.79 Å². The van der Waals surface area contributed by atoms with Gasteiger partial charge in [0, 0.05) is 13.0 Å². The lowest BCUT2D eigenvalue weighted by Crippen LogP contribution is -2.57. The molecule has 0 radical (unpaired) electrons. The topological polar surface area (TPSA) is 143 Å². The average Bonchev–Trinajstić information content (AvgIpc) is 2.81. The summed E-state index contributed by atoms with van der Waals surface area (Å²) in [5.74, 6) is -2.60. The predicted molar refractivity (Wildman–Crippen MR) is 145 cm³/mol. The van der Waals surface area contributed by atoms with Crippen LogP contribution in [0.5, 0.6) is 0 Å². The van der Waals surface area contributed by atoms with Gasteiger partial charge in [0.25, 0.3) is 5.91 Å². The smallest absolute Gasteiger partial charge is 0.408 e. The summed E-state index contributed by atoms with van der Waals surface area (Å²) in [6, 6.07) is 6.15. The highest BCUT2D eigenvalue weighted by molar-refractivity contribution is 6.38. The molecule has 0 heterocycles. The van der Waals surface area contributed by atoms with Crippen molar-refractivity contribution in [2.24, 2.45) is 5.92 Å². The van der Waals surface area contributed by atoms with Gasteiger partial charge in [0.15, 0.2) is 0 Å². The summed E-state index contributed by atoms with van der Waals surface area (Å²) in [6.07, 6.45) is 0.553. The molecule has 4 amide bonds. The molecule has 1 aromatic carbocycles. The number of carbonyl (C=O) groups is 5. The second-order valence-electron chi connectivity index (χ2n) is 10.7. The highest BCUT2D eigenvalue weighted by atomic mass is 16.6. The number of ether oxygens (including phenoxy) is 1. The van der Waals surface area contributed by atoms with E-state index in [1.165, 1.54) is 0 Å². The van der Waals surface area contributed by atoms with E-state index in [1.54, 1.807) is 27.7 Å². The van der Waals surface area contributed by atoms with Crippen molar-refractivity contribution >= 4 is 29.6 Å². The number of rotatable bonds is 14. The quantitative estimate of drug-likeness (QED) is 0.271. The van der Waals surface area contributed by atoms with Crippen molar-refractivity contribution < 1.29 is 28.7 Å². The van der Waals surface area contributed by atoms with E-state index in [0.717, 1.165) is 5.56 Å². The Bertz CT molecular complexity index is 942. The van der Waals surface area contributed by atoms with E-state index in [1.807, 2.05) is 51.1 Å². The molecule has 0 fully saturated rings. The minimum atomic E-state index is -1.02. The van der Waals surface area contributed by atoms with Crippen LogP contribution in [0, 0.1) is 5.92 Å². The third kappa shape index (κ3) is 12.2. The molecule has 1 rings (SSSR count). The van der Waals surface area contributed by atoms with Crippen molar-refractivity contribution in [3.63, 3.8) is 0 Å². The Labute approximate surface area is 226 Å². The highest BCUT2D eigenvalue weighted by Gasteiger charge is 2.32. The third-order valence-electron chi connectivity index (χ3n) is 5.40. The van der Waals surface area contributed by atoms with Crippen LogP contribution in [0.3, 0.4) is 0 Å². The third-order valence-corrected chi connectivity index (χ3v) is 5.40. The molecule has 0 saturated heterocycles. The first-order valence-electron chi connectivity index (χ1n) is 13.2. The summed E-state index contributed by atoms with van der Waals surface area (Å²) in [6.45, 7) is 12.8. The van der Waals surface area contributed by atoms with Crippen LogP contribution >= 0.6 is 0 Å². The van der Waals surface area contributed by atoms with Crippen LogP contribution in [0.1, 0.15) is 73.3 Å². The van der Waals surface area contributed by atoms with Gasteiger partial charge in [0.1, 0.15) is 17.7 Å². The van der Waals surface area contributed by atoms with Crippen LogP contribution in [-0.2, 0) is 30.3 Å². The Balaban J connectivity index is 3.13. The largest absolute Gasteiger partial charge is 0.444 e. The number of benzene rings is 1. The summed E-state index contributed by atoms with van der Waals surface area (Å²) in [7, 11) is 0. The average molecular weight is 533 g/mol. The highest BCUT2D eigenvalue weighted by Crippen LogP contribution is 2.11. The molecule has 0 unspecified atom stereocenters. The fourth-order valence-corrected chi connectivity index (χ4v) is 3.72. The fourth-order valence-electron chi connectivity index (χ4n) is 3.72. The summed E-state index contributed by atoms with van der Waals surface area (Å²) >= 11 is 0. The summed E-state index contributed by atoms with van der Waals surface area (Å²) in [4.78, 5) is 63.8. The Kier molecular flexibility index (Phi) is 13.5. The van der Waals surface area contributed by atoms with Crippen LogP contribution in [0.25, 0.3) is 0 Å². The maximum atomic E-state index is 13.4. The molecule has 10 heteroatoms. The van der Waals surface area contributed by atoms with Crippen LogP contribution < -0.4 is 21.3 Å². The number of nitrogens with one attached hydrogen (secondary N) is 4. The molecule has 0 spiro atoms. The van der Waals surface area contributed by atoms with E-state index in [2.05, 4.69) is 21.3 Å². The van der Waals surface area contributed by atoms with Crippen LogP contribution in [0.15, 0.2) is 30.3 Å². The molecule has 0 aliphatic carbocycles. The van der Waals surface area contributed by atoms with Gasteiger partial charge in [-0.15, -0.1) is 0 Å². The van der Waals surface area contributed by atoms with Gasteiger partial charge in [-0.2, -0.15) is 0 Å². The van der Waals surface area contributed by atoms with Crippen molar-refractivity contribution in [3.05, 3.63) is 35.9 Å². The lowest BCUT2D eigenvalue weighted by molar-refractivity contribution is -0.140. The maximum Gasteiger partial charge on any atom is 0.408 e. The van der Waals surface area contributed by atoms with Crippen molar-refractivity contribution in [1.29, 1.82) is 0 Å². The molecular weight excluding hydrogens is 488 g/mol. The zero-order chi connectivity index (χ0) is 28.9. The molecule has 212 valence electrons. The molecule has 10 nitrogen and oxygen atoms in total. The summed E-state index contributed by atoms with van der Waals surface area (Å²) < 4.78 is 5.34.